The number of ether oxygens (including phenoxy) is 1. The summed E-state index contributed by atoms with van der Waals surface area (Å²) in [5.74, 6) is -2.54. The molecule has 1 rings (SSSR count). The Labute approximate surface area is 127 Å². The molecule has 1 N–H and O–H groups in total. The van der Waals surface area contributed by atoms with Gasteiger partial charge in [0, 0.05) is 6.08 Å². The third kappa shape index (κ3) is 5.19. The Morgan fingerprint density at radius 3 is 1.96 bits per heavy atom. The van der Waals surface area contributed by atoms with Crippen LogP contribution in [0.5, 0.6) is 5.75 Å². The Bertz CT molecular complexity index is 567. The molecule has 0 atom stereocenters. The van der Waals surface area contributed by atoms with E-state index in [2.05, 4.69) is 4.74 Å². The lowest BCUT2D eigenvalue weighted by atomic mass is 9.99. The van der Waals surface area contributed by atoms with Crippen molar-refractivity contribution in [3.63, 3.8) is 0 Å². The van der Waals surface area contributed by atoms with Gasteiger partial charge in [0.05, 0.1) is 18.2 Å². The minimum Gasteiger partial charge on any atom is -0.495 e. The molecule has 1 aromatic rings. The summed E-state index contributed by atoms with van der Waals surface area (Å²) in [5.41, 5.74) is -3.26. The molecule has 0 fully saturated rings. The van der Waals surface area contributed by atoms with Gasteiger partial charge in [-0.05, 0) is 30.5 Å². The Hall–Kier alpha value is -2.19. The van der Waals surface area contributed by atoms with Gasteiger partial charge in [0.2, 0.25) is 0 Å². The second-order valence-electron chi connectivity index (χ2n) is 4.50. The van der Waals surface area contributed by atoms with Crippen molar-refractivity contribution in [1.29, 1.82) is 0 Å². The molecule has 9 heteroatoms. The van der Waals surface area contributed by atoms with Crippen molar-refractivity contribution >= 4 is 5.97 Å². The molecular weight excluding hydrogens is 330 g/mol. The van der Waals surface area contributed by atoms with Crippen LogP contribution in [-0.2, 0) is 23.6 Å². The van der Waals surface area contributed by atoms with Crippen LogP contribution in [0.25, 0.3) is 0 Å². The predicted octanol–water partition coefficient (Wildman–Crippen LogP) is 4.31. The molecule has 0 saturated carbocycles. The largest absolute Gasteiger partial charge is 0.495 e. The number of halogens is 6. The average Bonchev–Trinajstić information content (AvgIpc) is 2.40. The van der Waals surface area contributed by atoms with Gasteiger partial charge in [-0.25, -0.2) is 4.79 Å². The van der Waals surface area contributed by atoms with E-state index in [1.165, 1.54) is 0 Å². The Morgan fingerprint density at radius 2 is 1.61 bits per heavy atom. The molecule has 0 bridgehead atoms. The Morgan fingerprint density at radius 1 is 1.13 bits per heavy atom. The zero-order chi connectivity index (χ0) is 17.8. The lowest BCUT2D eigenvalue weighted by Crippen LogP contribution is -2.15. The number of alkyl halides is 6. The maximum atomic E-state index is 12.9. The zero-order valence-corrected chi connectivity index (χ0v) is 11.8. The van der Waals surface area contributed by atoms with Crippen LogP contribution in [0.3, 0.4) is 0 Å². The molecule has 0 aliphatic rings. The summed E-state index contributed by atoms with van der Waals surface area (Å²) in [4.78, 5) is 10.3. The fourth-order valence-electron chi connectivity index (χ4n) is 1.91. The van der Waals surface area contributed by atoms with E-state index >= 15 is 0 Å². The number of hydrogen-bond donors (Lipinski definition) is 1. The molecule has 0 saturated heterocycles. The molecule has 128 valence electrons. The van der Waals surface area contributed by atoms with Crippen LogP contribution in [0.1, 0.15) is 23.1 Å². The van der Waals surface area contributed by atoms with Crippen LogP contribution >= 0.6 is 0 Å². The summed E-state index contributed by atoms with van der Waals surface area (Å²) >= 11 is 0. The second-order valence-corrected chi connectivity index (χ2v) is 4.50. The third-order valence-electron chi connectivity index (χ3n) is 2.82. The number of hydrogen-bond acceptors (Lipinski definition) is 2. The first-order valence-electron chi connectivity index (χ1n) is 6.21. The molecule has 0 unspecified atom stereocenters. The topological polar surface area (TPSA) is 46.5 Å². The maximum absolute atomic E-state index is 12.9. The van der Waals surface area contributed by atoms with Crippen LogP contribution in [-0.4, -0.2) is 18.2 Å². The van der Waals surface area contributed by atoms with E-state index in [1.807, 2.05) is 0 Å². The van der Waals surface area contributed by atoms with E-state index < -0.39 is 35.2 Å². The summed E-state index contributed by atoms with van der Waals surface area (Å²) in [6.45, 7) is 0. The Kier molecular flexibility index (Phi) is 5.68. The number of benzene rings is 1. The fraction of sp³-hybridized carbons (Fsp3) is 0.357. The third-order valence-corrected chi connectivity index (χ3v) is 2.82. The highest BCUT2D eigenvalue weighted by molar-refractivity contribution is 5.79. The molecular formula is C14H12F6O3. The van der Waals surface area contributed by atoms with Crippen molar-refractivity contribution in [2.45, 2.75) is 25.2 Å². The number of carboxylic acid groups (broad SMARTS) is 1. The summed E-state index contributed by atoms with van der Waals surface area (Å²) in [6, 6.07) is 1.14. The van der Waals surface area contributed by atoms with Gasteiger partial charge in [0.15, 0.2) is 0 Å². The van der Waals surface area contributed by atoms with Gasteiger partial charge >= 0.3 is 18.3 Å². The highest BCUT2D eigenvalue weighted by atomic mass is 19.4. The molecule has 0 spiro atoms. The smallest absolute Gasteiger partial charge is 0.419 e. The lowest BCUT2D eigenvalue weighted by molar-refractivity contribution is -0.145. The summed E-state index contributed by atoms with van der Waals surface area (Å²) in [7, 11) is 0.731. The SMILES string of the molecule is COc1c(C(F)(F)F)cc(CC/C=C\C(=O)O)cc1C(F)(F)F. The van der Waals surface area contributed by atoms with Gasteiger partial charge < -0.3 is 9.84 Å². The normalized spacial score (nSPS) is 12.7. The van der Waals surface area contributed by atoms with E-state index in [9.17, 15) is 31.1 Å². The van der Waals surface area contributed by atoms with Crippen LogP contribution in [0.15, 0.2) is 24.3 Å². The molecule has 0 heterocycles. The van der Waals surface area contributed by atoms with Crippen LogP contribution < -0.4 is 4.74 Å². The predicted molar refractivity (Wildman–Crippen MR) is 68.1 cm³/mol. The molecule has 0 aliphatic heterocycles. The minimum absolute atomic E-state index is 0.0206. The van der Waals surface area contributed by atoms with Crippen molar-refractivity contribution in [3.05, 3.63) is 41.0 Å². The van der Waals surface area contributed by atoms with Gasteiger partial charge in [0.25, 0.3) is 0 Å². The summed E-state index contributed by atoms with van der Waals surface area (Å²) in [6.07, 6.45) is -8.32. The maximum Gasteiger partial charge on any atom is 0.419 e. The van der Waals surface area contributed by atoms with Crippen molar-refractivity contribution < 1.29 is 41.0 Å². The van der Waals surface area contributed by atoms with E-state index in [4.69, 9.17) is 5.11 Å². The molecule has 0 radical (unpaired) electrons. The van der Waals surface area contributed by atoms with Crippen molar-refractivity contribution in [1.82, 2.24) is 0 Å². The number of methoxy groups -OCH3 is 1. The van der Waals surface area contributed by atoms with Crippen LogP contribution in [0.4, 0.5) is 26.3 Å². The summed E-state index contributed by atoms with van der Waals surface area (Å²) in [5, 5.41) is 8.38. The fourth-order valence-corrected chi connectivity index (χ4v) is 1.91. The number of aryl methyl sites for hydroxylation is 1. The number of carboxylic acids is 1. The molecule has 3 nitrogen and oxygen atoms in total. The first-order valence-corrected chi connectivity index (χ1v) is 6.21. The average molecular weight is 342 g/mol. The van der Waals surface area contributed by atoms with E-state index in [0.29, 0.717) is 12.1 Å². The standard InChI is InChI=1S/C14H12F6O3/c1-23-12-9(13(15,16)17)6-8(4-2-3-5-11(21)22)7-10(12)14(18,19)20/h3,5-7H,2,4H2,1H3,(H,21,22)/b5-3-. The monoisotopic (exact) mass is 342 g/mol. The van der Waals surface area contributed by atoms with E-state index in [1.54, 1.807) is 0 Å². The molecule has 1 aromatic carbocycles. The quantitative estimate of drug-likeness (QED) is 0.641. The lowest BCUT2D eigenvalue weighted by Gasteiger charge is -2.19. The van der Waals surface area contributed by atoms with Gasteiger partial charge in [-0.15, -0.1) is 0 Å². The number of aliphatic carboxylic acids is 1. The molecule has 0 aliphatic carbocycles. The van der Waals surface area contributed by atoms with E-state index in [0.717, 1.165) is 19.3 Å². The van der Waals surface area contributed by atoms with Crippen molar-refractivity contribution in [2.24, 2.45) is 0 Å². The first-order chi connectivity index (χ1) is 10.5. The van der Waals surface area contributed by atoms with Gasteiger partial charge in [-0.2, -0.15) is 26.3 Å². The Balaban J connectivity index is 3.30. The first kappa shape index (κ1) is 18.9. The second kappa shape index (κ2) is 6.93. The van der Waals surface area contributed by atoms with E-state index in [-0.39, 0.29) is 18.4 Å². The van der Waals surface area contributed by atoms with Gasteiger partial charge in [0.1, 0.15) is 5.75 Å². The zero-order valence-electron chi connectivity index (χ0n) is 11.8. The molecule has 23 heavy (non-hydrogen) atoms. The molecule has 0 aromatic heterocycles. The number of rotatable bonds is 5. The van der Waals surface area contributed by atoms with Gasteiger partial charge in [-0.3, -0.25) is 0 Å². The highest BCUT2D eigenvalue weighted by Crippen LogP contribution is 2.44. The highest BCUT2D eigenvalue weighted by Gasteiger charge is 2.42. The van der Waals surface area contributed by atoms with Crippen LogP contribution in [0.2, 0.25) is 0 Å². The summed E-state index contributed by atoms with van der Waals surface area (Å²) < 4.78 is 81.9. The number of carbonyl (C=O) groups is 1. The van der Waals surface area contributed by atoms with Crippen molar-refractivity contribution in [3.8, 4) is 5.75 Å². The molecule has 0 amide bonds. The minimum atomic E-state index is -5.02. The van der Waals surface area contributed by atoms with Gasteiger partial charge in [-0.1, -0.05) is 6.08 Å². The van der Waals surface area contributed by atoms with Crippen LogP contribution in [0, 0.1) is 0 Å². The van der Waals surface area contributed by atoms with Crippen molar-refractivity contribution in [2.75, 3.05) is 7.11 Å². The number of allylic oxidation sites excluding steroid dienone is 1.